The molecular weight excluding hydrogens is 280 g/mol. The van der Waals surface area contributed by atoms with Gasteiger partial charge in [-0.15, -0.1) is 0 Å². The maximum Gasteiger partial charge on any atom is 0.231 e. The van der Waals surface area contributed by atoms with Gasteiger partial charge in [0.1, 0.15) is 5.75 Å². The molecule has 1 N–H and O–H groups in total. The standard InChI is InChI=1S/C13H18N2O4S/c1-14(2)8-7-12(16)11-6-5-10(9-13(11)17)15(3)20(4,18)19/h5-9,17H,1-4H3. The number of carbonyl (C=O) groups excluding carboxylic acids is 1. The lowest BCUT2D eigenvalue weighted by Gasteiger charge is -2.17. The van der Waals surface area contributed by atoms with E-state index in [-0.39, 0.29) is 22.8 Å². The zero-order chi connectivity index (χ0) is 15.5. The first-order valence-electron chi connectivity index (χ1n) is 5.79. The molecule has 0 saturated heterocycles. The molecule has 0 heterocycles. The predicted octanol–water partition coefficient (Wildman–Crippen LogP) is 1.05. The van der Waals surface area contributed by atoms with Crippen molar-refractivity contribution in [2.24, 2.45) is 0 Å². The number of aromatic hydroxyl groups is 1. The Morgan fingerprint density at radius 2 is 1.85 bits per heavy atom. The molecule has 0 unspecified atom stereocenters. The van der Waals surface area contributed by atoms with Crippen LogP contribution in [-0.2, 0) is 10.0 Å². The Balaban J connectivity index is 3.09. The summed E-state index contributed by atoms with van der Waals surface area (Å²) in [5.41, 5.74) is 0.409. The van der Waals surface area contributed by atoms with Crippen molar-refractivity contribution in [1.29, 1.82) is 0 Å². The summed E-state index contributed by atoms with van der Waals surface area (Å²) in [6, 6.07) is 4.12. The summed E-state index contributed by atoms with van der Waals surface area (Å²) in [6.07, 6.45) is 3.95. The topological polar surface area (TPSA) is 77.9 Å². The van der Waals surface area contributed by atoms with Crippen LogP contribution in [0.3, 0.4) is 0 Å². The maximum atomic E-state index is 11.8. The molecule has 0 saturated carbocycles. The third-order valence-electron chi connectivity index (χ3n) is 2.63. The Morgan fingerprint density at radius 3 is 2.30 bits per heavy atom. The molecular formula is C13H18N2O4S. The molecule has 1 aromatic carbocycles. The second-order valence-corrected chi connectivity index (χ2v) is 6.59. The molecule has 0 aliphatic heterocycles. The first-order valence-corrected chi connectivity index (χ1v) is 7.63. The lowest BCUT2D eigenvalue weighted by Crippen LogP contribution is -2.24. The quantitative estimate of drug-likeness (QED) is 0.649. The third-order valence-corrected chi connectivity index (χ3v) is 3.84. The highest BCUT2D eigenvalue weighted by Gasteiger charge is 2.15. The number of benzene rings is 1. The summed E-state index contributed by atoms with van der Waals surface area (Å²) in [6.45, 7) is 0. The number of phenolic OH excluding ortho intramolecular Hbond substituents is 1. The number of hydrogen-bond donors (Lipinski definition) is 1. The van der Waals surface area contributed by atoms with Gasteiger partial charge in [0, 0.05) is 39.5 Å². The second-order valence-electron chi connectivity index (χ2n) is 4.58. The van der Waals surface area contributed by atoms with Crippen LogP contribution in [0.25, 0.3) is 0 Å². The molecule has 0 spiro atoms. The van der Waals surface area contributed by atoms with Gasteiger partial charge in [0.05, 0.1) is 17.5 Å². The highest BCUT2D eigenvalue weighted by atomic mass is 32.2. The number of phenols is 1. The minimum atomic E-state index is -3.41. The number of rotatable bonds is 5. The van der Waals surface area contributed by atoms with Crippen molar-refractivity contribution >= 4 is 21.5 Å². The van der Waals surface area contributed by atoms with Crippen molar-refractivity contribution in [3.63, 3.8) is 0 Å². The summed E-state index contributed by atoms with van der Waals surface area (Å²) >= 11 is 0. The van der Waals surface area contributed by atoms with Gasteiger partial charge in [-0.25, -0.2) is 8.42 Å². The predicted molar refractivity (Wildman–Crippen MR) is 78.5 cm³/mol. The van der Waals surface area contributed by atoms with Crippen LogP contribution in [0.15, 0.2) is 30.5 Å². The number of ketones is 1. The van der Waals surface area contributed by atoms with Crippen molar-refractivity contribution in [2.75, 3.05) is 31.7 Å². The number of sulfonamides is 1. The van der Waals surface area contributed by atoms with E-state index in [9.17, 15) is 18.3 Å². The van der Waals surface area contributed by atoms with Gasteiger partial charge < -0.3 is 10.0 Å². The van der Waals surface area contributed by atoms with Crippen LogP contribution in [0.1, 0.15) is 10.4 Å². The maximum absolute atomic E-state index is 11.8. The fraction of sp³-hybridized carbons (Fsp3) is 0.308. The fourth-order valence-electron chi connectivity index (χ4n) is 1.42. The number of hydrogen-bond acceptors (Lipinski definition) is 5. The van der Waals surface area contributed by atoms with Crippen LogP contribution in [-0.4, -0.2) is 51.6 Å². The summed E-state index contributed by atoms with van der Waals surface area (Å²) in [4.78, 5) is 13.5. The van der Waals surface area contributed by atoms with E-state index >= 15 is 0 Å². The van der Waals surface area contributed by atoms with E-state index in [4.69, 9.17) is 0 Å². The Hall–Kier alpha value is -2.02. The average Bonchev–Trinajstić information content (AvgIpc) is 2.33. The van der Waals surface area contributed by atoms with Crippen molar-refractivity contribution in [3.8, 4) is 5.75 Å². The first-order chi connectivity index (χ1) is 9.12. The van der Waals surface area contributed by atoms with Gasteiger partial charge in [0.2, 0.25) is 10.0 Å². The van der Waals surface area contributed by atoms with Crippen LogP contribution in [0.5, 0.6) is 5.75 Å². The van der Waals surface area contributed by atoms with Gasteiger partial charge in [-0.3, -0.25) is 9.10 Å². The van der Waals surface area contributed by atoms with E-state index in [2.05, 4.69) is 0 Å². The SMILES string of the molecule is CN(C)C=CC(=O)c1ccc(N(C)S(C)(=O)=O)cc1O. The van der Waals surface area contributed by atoms with Gasteiger partial charge in [-0.05, 0) is 12.1 Å². The minimum Gasteiger partial charge on any atom is -0.507 e. The molecule has 7 heteroatoms. The number of anilines is 1. The summed E-state index contributed by atoms with van der Waals surface area (Å²) in [5.74, 6) is -0.615. The van der Waals surface area contributed by atoms with Crippen molar-refractivity contribution < 1.29 is 18.3 Å². The van der Waals surface area contributed by atoms with Crippen molar-refractivity contribution in [1.82, 2.24) is 4.90 Å². The molecule has 1 aromatic rings. The van der Waals surface area contributed by atoms with E-state index in [1.807, 2.05) is 0 Å². The highest BCUT2D eigenvalue weighted by Crippen LogP contribution is 2.25. The lowest BCUT2D eigenvalue weighted by molar-refractivity contribution is 0.104. The van der Waals surface area contributed by atoms with Crippen LogP contribution in [0.2, 0.25) is 0 Å². The summed E-state index contributed by atoms with van der Waals surface area (Å²) < 4.78 is 23.8. The molecule has 20 heavy (non-hydrogen) atoms. The molecule has 1 rings (SSSR count). The van der Waals surface area contributed by atoms with Gasteiger partial charge in [-0.2, -0.15) is 0 Å². The van der Waals surface area contributed by atoms with Gasteiger partial charge in [0.25, 0.3) is 0 Å². The van der Waals surface area contributed by atoms with Gasteiger partial charge >= 0.3 is 0 Å². The number of nitrogens with zero attached hydrogens (tertiary/aromatic N) is 2. The van der Waals surface area contributed by atoms with Crippen LogP contribution >= 0.6 is 0 Å². The number of allylic oxidation sites excluding steroid dienone is 1. The minimum absolute atomic E-state index is 0.119. The van der Waals surface area contributed by atoms with Crippen LogP contribution in [0.4, 0.5) is 5.69 Å². The zero-order valence-electron chi connectivity index (χ0n) is 11.9. The molecule has 110 valence electrons. The Bertz CT molecular complexity index is 636. The molecule has 0 atom stereocenters. The van der Waals surface area contributed by atoms with Crippen molar-refractivity contribution in [3.05, 3.63) is 36.0 Å². The molecule has 0 fully saturated rings. The van der Waals surface area contributed by atoms with Gasteiger partial charge in [-0.1, -0.05) is 0 Å². The Kier molecular flexibility index (Phi) is 4.78. The molecule has 0 aliphatic rings. The van der Waals surface area contributed by atoms with E-state index < -0.39 is 10.0 Å². The molecule has 0 aromatic heterocycles. The summed E-state index contributed by atoms with van der Waals surface area (Å²) in [5, 5.41) is 9.85. The van der Waals surface area contributed by atoms with Gasteiger partial charge in [0.15, 0.2) is 5.78 Å². The fourth-order valence-corrected chi connectivity index (χ4v) is 1.92. The number of carbonyl (C=O) groups is 1. The zero-order valence-corrected chi connectivity index (χ0v) is 12.7. The van der Waals surface area contributed by atoms with Crippen LogP contribution in [0, 0.1) is 0 Å². The van der Waals surface area contributed by atoms with Crippen LogP contribution < -0.4 is 4.31 Å². The molecule has 0 aliphatic carbocycles. The normalized spacial score (nSPS) is 11.6. The first kappa shape index (κ1) is 16.0. The molecule has 0 amide bonds. The molecule has 6 nitrogen and oxygen atoms in total. The Labute approximate surface area is 119 Å². The molecule has 0 bridgehead atoms. The molecule has 0 radical (unpaired) electrons. The third kappa shape index (κ3) is 3.99. The van der Waals surface area contributed by atoms with E-state index in [0.29, 0.717) is 0 Å². The average molecular weight is 298 g/mol. The van der Waals surface area contributed by atoms with Crippen molar-refractivity contribution in [2.45, 2.75) is 0 Å². The smallest absolute Gasteiger partial charge is 0.231 e. The summed E-state index contributed by atoms with van der Waals surface area (Å²) in [7, 11) is 1.51. The largest absolute Gasteiger partial charge is 0.507 e. The van der Waals surface area contributed by atoms with E-state index in [0.717, 1.165) is 10.6 Å². The highest BCUT2D eigenvalue weighted by molar-refractivity contribution is 7.92. The van der Waals surface area contributed by atoms with E-state index in [1.54, 1.807) is 25.2 Å². The lowest BCUT2D eigenvalue weighted by atomic mass is 10.1. The monoisotopic (exact) mass is 298 g/mol. The second kappa shape index (κ2) is 5.96. The van der Waals surface area contributed by atoms with E-state index in [1.165, 1.54) is 31.3 Å². The Morgan fingerprint density at radius 1 is 1.25 bits per heavy atom.